The molecule has 6 nitrogen and oxygen atoms in total. The first kappa shape index (κ1) is 23.9. The van der Waals surface area contributed by atoms with Crippen LogP contribution in [0.5, 0.6) is 5.75 Å². The Morgan fingerprint density at radius 1 is 1.09 bits per heavy atom. The van der Waals surface area contributed by atoms with Gasteiger partial charge in [0, 0.05) is 38.4 Å². The van der Waals surface area contributed by atoms with Gasteiger partial charge in [0.25, 0.3) is 0 Å². The Morgan fingerprint density at radius 3 is 2.34 bits per heavy atom. The van der Waals surface area contributed by atoms with Gasteiger partial charge in [-0.05, 0) is 48.4 Å². The van der Waals surface area contributed by atoms with Gasteiger partial charge in [-0.1, -0.05) is 12.1 Å². The van der Waals surface area contributed by atoms with Crippen molar-refractivity contribution in [2.45, 2.75) is 19.1 Å². The number of carbonyl (C=O) groups excluding carboxylic acids is 1. The van der Waals surface area contributed by atoms with E-state index in [9.17, 15) is 18.0 Å². The smallest absolute Gasteiger partial charge is 0.416 e. The Labute approximate surface area is 185 Å². The standard InChI is InChI=1S/C23H28F3N3O3/c1-31-21-9-7-20(8-10-21)27-22(30)29(12-2-11-28-13-15-32-16-14-28)17-18-3-5-19(6-4-18)23(24,25)26/h3-10H,2,11-17H2,1H3,(H,27,30). The first-order valence-electron chi connectivity index (χ1n) is 10.5. The quantitative estimate of drug-likeness (QED) is 0.644. The van der Waals surface area contributed by atoms with Crippen molar-refractivity contribution >= 4 is 11.7 Å². The predicted octanol–water partition coefficient (Wildman–Crippen LogP) is 4.47. The van der Waals surface area contributed by atoms with E-state index in [-0.39, 0.29) is 12.6 Å². The normalized spacial score (nSPS) is 14.8. The third-order valence-corrected chi connectivity index (χ3v) is 5.29. The molecule has 0 unspecified atom stereocenters. The van der Waals surface area contributed by atoms with Crippen LogP contribution in [0.25, 0.3) is 0 Å². The van der Waals surface area contributed by atoms with Crippen molar-refractivity contribution < 1.29 is 27.4 Å². The molecule has 1 aliphatic rings. The van der Waals surface area contributed by atoms with Crippen molar-refractivity contribution in [1.82, 2.24) is 9.80 Å². The summed E-state index contributed by atoms with van der Waals surface area (Å²) < 4.78 is 49.0. The minimum Gasteiger partial charge on any atom is -0.497 e. The molecule has 0 atom stereocenters. The maximum atomic E-state index is 12.9. The van der Waals surface area contributed by atoms with E-state index < -0.39 is 11.7 Å². The molecular weight excluding hydrogens is 423 g/mol. The Bertz CT molecular complexity index is 852. The van der Waals surface area contributed by atoms with E-state index in [0.29, 0.717) is 36.8 Å². The number of amides is 2. The van der Waals surface area contributed by atoms with Crippen LogP contribution in [-0.4, -0.2) is 62.3 Å². The van der Waals surface area contributed by atoms with Crippen molar-refractivity contribution in [1.29, 1.82) is 0 Å². The van der Waals surface area contributed by atoms with Crippen LogP contribution in [-0.2, 0) is 17.5 Å². The summed E-state index contributed by atoms with van der Waals surface area (Å²) in [5.74, 6) is 0.676. The number of hydrogen-bond acceptors (Lipinski definition) is 4. The summed E-state index contributed by atoms with van der Waals surface area (Å²) >= 11 is 0. The van der Waals surface area contributed by atoms with Crippen LogP contribution in [0.15, 0.2) is 48.5 Å². The van der Waals surface area contributed by atoms with Crippen LogP contribution in [0.2, 0.25) is 0 Å². The topological polar surface area (TPSA) is 54.0 Å². The number of nitrogens with zero attached hydrogens (tertiary/aromatic N) is 2. The third kappa shape index (κ3) is 7.13. The van der Waals surface area contributed by atoms with Gasteiger partial charge in [-0.3, -0.25) is 4.90 Å². The van der Waals surface area contributed by atoms with E-state index in [4.69, 9.17) is 9.47 Å². The van der Waals surface area contributed by atoms with Crippen LogP contribution in [0.3, 0.4) is 0 Å². The molecule has 9 heteroatoms. The second-order valence-electron chi connectivity index (χ2n) is 7.58. The van der Waals surface area contributed by atoms with Gasteiger partial charge in [-0.2, -0.15) is 13.2 Å². The van der Waals surface area contributed by atoms with Crippen LogP contribution in [0.4, 0.5) is 23.7 Å². The van der Waals surface area contributed by atoms with Gasteiger partial charge in [-0.15, -0.1) is 0 Å². The fourth-order valence-electron chi connectivity index (χ4n) is 3.46. The van der Waals surface area contributed by atoms with Gasteiger partial charge in [0.15, 0.2) is 0 Å². The zero-order chi connectivity index (χ0) is 23.0. The highest BCUT2D eigenvalue weighted by Gasteiger charge is 2.30. The molecule has 0 aromatic heterocycles. The number of halogens is 3. The second-order valence-corrected chi connectivity index (χ2v) is 7.58. The van der Waals surface area contributed by atoms with Crippen molar-refractivity contribution in [3.63, 3.8) is 0 Å². The minimum absolute atomic E-state index is 0.212. The number of alkyl halides is 3. The van der Waals surface area contributed by atoms with Gasteiger partial charge in [0.2, 0.25) is 0 Å². The molecule has 1 heterocycles. The number of nitrogens with one attached hydrogen (secondary N) is 1. The number of methoxy groups -OCH3 is 1. The van der Waals surface area contributed by atoms with Gasteiger partial charge in [0.1, 0.15) is 5.75 Å². The minimum atomic E-state index is -4.39. The van der Waals surface area contributed by atoms with E-state index in [1.165, 1.54) is 12.1 Å². The van der Waals surface area contributed by atoms with Gasteiger partial charge < -0.3 is 19.7 Å². The molecule has 1 fully saturated rings. The highest BCUT2D eigenvalue weighted by atomic mass is 19.4. The number of anilines is 1. The third-order valence-electron chi connectivity index (χ3n) is 5.29. The summed E-state index contributed by atoms with van der Waals surface area (Å²) in [4.78, 5) is 16.8. The van der Waals surface area contributed by atoms with Crippen molar-refractivity contribution in [2.24, 2.45) is 0 Å². The molecule has 2 aromatic carbocycles. The monoisotopic (exact) mass is 451 g/mol. The Hall–Kier alpha value is -2.78. The van der Waals surface area contributed by atoms with E-state index in [0.717, 1.165) is 38.2 Å². The van der Waals surface area contributed by atoms with E-state index >= 15 is 0 Å². The predicted molar refractivity (Wildman–Crippen MR) is 116 cm³/mol. The lowest BCUT2D eigenvalue weighted by Crippen LogP contribution is -2.40. The average molecular weight is 451 g/mol. The van der Waals surface area contributed by atoms with Crippen LogP contribution in [0, 0.1) is 0 Å². The van der Waals surface area contributed by atoms with E-state index in [1.54, 1.807) is 36.3 Å². The Morgan fingerprint density at radius 2 is 1.75 bits per heavy atom. The first-order valence-corrected chi connectivity index (χ1v) is 10.5. The second kappa shape index (κ2) is 11.2. The molecule has 174 valence electrons. The number of urea groups is 1. The van der Waals surface area contributed by atoms with Crippen LogP contribution in [0.1, 0.15) is 17.5 Å². The largest absolute Gasteiger partial charge is 0.497 e. The summed E-state index contributed by atoms with van der Waals surface area (Å²) in [5.41, 5.74) is 0.540. The molecule has 1 N–H and O–H groups in total. The number of benzene rings is 2. The molecule has 0 spiro atoms. The molecule has 2 aromatic rings. The molecule has 0 saturated carbocycles. The SMILES string of the molecule is COc1ccc(NC(=O)N(CCCN2CCOCC2)Cc2ccc(C(F)(F)F)cc2)cc1. The lowest BCUT2D eigenvalue weighted by molar-refractivity contribution is -0.137. The lowest BCUT2D eigenvalue weighted by atomic mass is 10.1. The number of morpholine rings is 1. The van der Waals surface area contributed by atoms with Crippen molar-refractivity contribution in [2.75, 3.05) is 51.8 Å². The number of ether oxygens (including phenoxy) is 2. The zero-order valence-electron chi connectivity index (χ0n) is 18.0. The highest BCUT2D eigenvalue weighted by molar-refractivity contribution is 5.89. The summed E-state index contributed by atoms with van der Waals surface area (Å²) in [7, 11) is 1.56. The molecule has 3 rings (SSSR count). The average Bonchev–Trinajstić information content (AvgIpc) is 2.79. The summed E-state index contributed by atoms with van der Waals surface area (Å²) in [5, 5.41) is 2.86. The lowest BCUT2D eigenvalue weighted by Gasteiger charge is -2.28. The number of hydrogen-bond donors (Lipinski definition) is 1. The molecule has 2 amide bonds. The fourth-order valence-corrected chi connectivity index (χ4v) is 3.46. The molecule has 0 bridgehead atoms. The molecular formula is C23H28F3N3O3. The zero-order valence-corrected chi connectivity index (χ0v) is 18.0. The number of carbonyl (C=O) groups is 1. The molecule has 0 radical (unpaired) electrons. The maximum Gasteiger partial charge on any atom is 0.416 e. The van der Waals surface area contributed by atoms with Gasteiger partial charge in [0.05, 0.1) is 25.9 Å². The van der Waals surface area contributed by atoms with Crippen LogP contribution < -0.4 is 10.1 Å². The molecule has 1 aliphatic heterocycles. The Balaban J connectivity index is 1.65. The fraction of sp³-hybridized carbons (Fsp3) is 0.435. The van der Waals surface area contributed by atoms with E-state index in [1.807, 2.05) is 0 Å². The summed E-state index contributed by atoms with van der Waals surface area (Å²) in [6, 6.07) is 11.6. The maximum absolute atomic E-state index is 12.9. The summed E-state index contributed by atoms with van der Waals surface area (Å²) in [6.07, 6.45) is -3.64. The Kier molecular flexibility index (Phi) is 8.35. The van der Waals surface area contributed by atoms with Crippen molar-refractivity contribution in [3.05, 3.63) is 59.7 Å². The van der Waals surface area contributed by atoms with Gasteiger partial charge >= 0.3 is 12.2 Å². The molecule has 32 heavy (non-hydrogen) atoms. The van der Waals surface area contributed by atoms with Crippen molar-refractivity contribution in [3.8, 4) is 5.75 Å². The highest BCUT2D eigenvalue weighted by Crippen LogP contribution is 2.29. The van der Waals surface area contributed by atoms with Crippen LogP contribution >= 0.6 is 0 Å². The van der Waals surface area contributed by atoms with Gasteiger partial charge in [-0.25, -0.2) is 4.79 Å². The first-order chi connectivity index (χ1) is 15.3. The number of rotatable bonds is 8. The molecule has 1 saturated heterocycles. The summed E-state index contributed by atoms with van der Waals surface area (Å²) in [6.45, 7) is 4.63. The van der Waals surface area contributed by atoms with E-state index in [2.05, 4.69) is 10.2 Å². The molecule has 0 aliphatic carbocycles.